The number of aromatic nitrogens is 4. The molecule has 0 aliphatic heterocycles. The molecule has 1 fully saturated rings. The number of ether oxygens (including phenoxy) is 1. The van der Waals surface area contributed by atoms with Crippen LogP contribution in [0.2, 0.25) is 0 Å². The zero-order chi connectivity index (χ0) is 17.3. The first-order chi connectivity index (χ1) is 11.4. The van der Waals surface area contributed by atoms with Crippen LogP contribution in [0.25, 0.3) is 0 Å². The fraction of sp³-hybridized carbons (Fsp3) is 0.500. The molecule has 130 valence electrons. The summed E-state index contributed by atoms with van der Waals surface area (Å²) in [6.07, 6.45) is 0.103. The molecular formula is C14H16F3N5O2. The van der Waals surface area contributed by atoms with Crippen LogP contribution in [0.3, 0.4) is 0 Å². The fourth-order valence-electron chi connectivity index (χ4n) is 2.37. The number of halogens is 3. The molecule has 2 heterocycles. The minimum Gasteiger partial charge on any atom is -0.362 e. The molecule has 0 unspecified atom stereocenters. The number of nitrogens with one attached hydrogen (secondary N) is 1. The molecule has 0 atom stereocenters. The second kappa shape index (κ2) is 6.27. The van der Waals surface area contributed by atoms with Crippen LogP contribution in [0.1, 0.15) is 30.1 Å². The van der Waals surface area contributed by atoms with Crippen LogP contribution in [0.15, 0.2) is 18.5 Å². The summed E-state index contributed by atoms with van der Waals surface area (Å²) in [7, 11) is 1.51. The Labute approximate surface area is 135 Å². The summed E-state index contributed by atoms with van der Waals surface area (Å²) >= 11 is 0. The number of hydrogen-bond donors (Lipinski definition) is 1. The van der Waals surface area contributed by atoms with E-state index < -0.39 is 17.8 Å². The molecule has 3 rings (SSSR count). The Morgan fingerprint density at radius 1 is 1.46 bits per heavy atom. The predicted octanol–water partition coefficient (Wildman–Crippen LogP) is 2.22. The summed E-state index contributed by atoms with van der Waals surface area (Å²) in [6, 6.07) is 1.03. The van der Waals surface area contributed by atoms with Gasteiger partial charge < -0.3 is 10.1 Å². The molecule has 0 bridgehead atoms. The molecule has 2 aromatic rings. The average Bonchev–Trinajstić information content (AvgIpc) is 3.09. The molecule has 0 aromatic carbocycles. The SMILES string of the molecule is COCn1cc(NC(=O)Cn2nc(C(F)(F)F)cc2C2CC2)cn1. The molecule has 0 saturated heterocycles. The number of hydrogen-bond acceptors (Lipinski definition) is 4. The lowest BCUT2D eigenvalue weighted by Gasteiger charge is -2.06. The minimum absolute atomic E-state index is 0.0471. The molecule has 24 heavy (non-hydrogen) atoms. The first kappa shape index (κ1) is 16.5. The van der Waals surface area contributed by atoms with Crippen LogP contribution in [0.4, 0.5) is 18.9 Å². The topological polar surface area (TPSA) is 74.0 Å². The number of nitrogens with zero attached hydrogens (tertiary/aromatic N) is 4. The van der Waals surface area contributed by atoms with Crippen LogP contribution < -0.4 is 5.32 Å². The van der Waals surface area contributed by atoms with Crippen molar-refractivity contribution in [2.24, 2.45) is 0 Å². The molecule has 1 N–H and O–H groups in total. The van der Waals surface area contributed by atoms with Crippen LogP contribution in [0.5, 0.6) is 0 Å². The molecule has 1 aliphatic rings. The third-order valence-electron chi connectivity index (χ3n) is 3.57. The van der Waals surface area contributed by atoms with E-state index in [1.54, 1.807) is 6.20 Å². The molecule has 0 radical (unpaired) electrons. The lowest BCUT2D eigenvalue weighted by molar-refractivity contribution is -0.141. The van der Waals surface area contributed by atoms with Crippen molar-refractivity contribution >= 4 is 11.6 Å². The van der Waals surface area contributed by atoms with E-state index >= 15 is 0 Å². The van der Waals surface area contributed by atoms with Crippen LogP contribution in [-0.4, -0.2) is 32.6 Å². The zero-order valence-electron chi connectivity index (χ0n) is 12.9. The van der Waals surface area contributed by atoms with Gasteiger partial charge in [-0.05, 0) is 18.9 Å². The highest BCUT2D eigenvalue weighted by atomic mass is 19.4. The van der Waals surface area contributed by atoms with Gasteiger partial charge in [-0.15, -0.1) is 0 Å². The molecule has 2 aromatic heterocycles. The van der Waals surface area contributed by atoms with Gasteiger partial charge in [-0.2, -0.15) is 23.4 Å². The van der Waals surface area contributed by atoms with E-state index in [0.717, 1.165) is 23.6 Å². The molecule has 1 saturated carbocycles. The van der Waals surface area contributed by atoms with Crippen molar-refractivity contribution in [2.75, 3.05) is 12.4 Å². The minimum atomic E-state index is -4.52. The smallest absolute Gasteiger partial charge is 0.362 e. The van der Waals surface area contributed by atoms with E-state index in [1.165, 1.54) is 18.0 Å². The van der Waals surface area contributed by atoms with Crippen molar-refractivity contribution in [2.45, 2.75) is 38.2 Å². The van der Waals surface area contributed by atoms with E-state index in [9.17, 15) is 18.0 Å². The Bertz CT molecular complexity index is 733. The largest absolute Gasteiger partial charge is 0.435 e. The number of carbonyl (C=O) groups is 1. The Balaban J connectivity index is 1.70. The second-order valence-corrected chi connectivity index (χ2v) is 5.62. The summed E-state index contributed by atoms with van der Waals surface area (Å²) in [4.78, 5) is 12.1. The highest BCUT2D eigenvalue weighted by Crippen LogP contribution is 2.42. The predicted molar refractivity (Wildman–Crippen MR) is 77.1 cm³/mol. The van der Waals surface area contributed by atoms with E-state index in [2.05, 4.69) is 15.5 Å². The van der Waals surface area contributed by atoms with E-state index in [-0.39, 0.29) is 19.2 Å². The molecule has 1 aliphatic carbocycles. The van der Waals surface area contributed by atoms with Gasteiger partial charge in [0.2, 0.25) is 5.91 Å². The van der Waals surface area contributed by atoms with Crippen LogP contribution in [-0.2, 0) is 29.0 Å². The van der Waals surface area contributed by atoms with Gasteiger partial charge in [-0.1, -0.05) is 0 Å². The third-order valence-corrected chi connectivity index (χ3v) is 3.57. The Kier molecular flexibility index (Phi) is 4.31. The zero-order valence-corrected chi connectivity index (χ0v) is 12.9. The Morgan fingerprint density at radius 2 is 2.21 bits per heavy atom. The number of rotatable bonds is 6. The summed E-state index contributed by atoms with van der Waals surface area (Å²) in [6.45, 7) is -0.0484. The van der Waals surface area contributed by atoms with E-state index in [0.29, 0.717) is 11.4 Å². The standard InChI is InChI=1S/C14H16F3N5O2/c1-24-8-21-6-10(5-18-21)19-13(23)7-22-11(9-2-3-9)4-12(20-22)14(15,16)17/h4-6,9H,2-3,7-8H2,1H3,(H,19,23). The number of carbonyl (C=O) groups excluding carboxylic acids is 1. The Hall–Kier alpha value is -2.36. The van der Waals surface area contributed by atoms with Gasteiger partial charge in [0.05, 0.1) is 18.1 Å². The summed E-state index contributed by atoms with van der Waals surface area (Å²) in [5.41, 5.74) is -0.0779. The van der Waals surface area contributed by atoms with Gasteiger partial charge in [0.1, 0.15) is 13.3 Å². The first-order valence-corrected chi connectivity index (χ1v) is 7.33. The average molecular weight is 343 g/mol. The van der Waals surface area contributed by atoms with Crippen molar-refractivity contribution in [3.63, 3.8) is 0 Å². The quantitative estimate of drug-likeness (QED) is 0.873. The molecule has 7 nitrogen and oxygen atoms in total. The van der Waals surface area contributed by atoms with Gasteiger partial charge in [-0.25, -0.2) is 4.68 Å². The Morgan fingerprint density at radius 3 is 2.83 bits per heavy atom. The van der Waals surface area contributed by atoms with E-state index in [1.807, 2.05) is 0 Å². The summed E-state index contributed by atoms with van der Waals surface area (Å²) < 4.78 is 46.0. The highest BCUT2D eigenvalue weighted by Gasteiger charge is 2.38. The third kappa shape index (κ3) is 3.75. The van der Waals surface area contributed by atoms with Crippen LogP contribution in [0, 0.1) is 0 Å². The second-order valence-electron chi connectivity index (χ2n) is 5.62. The van der Waals surface area contributed by atoms with Crippen molar-refractivity contribution in [3.05, 3.63) is 29.8 Å². The normalized spacial score (nSPS) is 14.8. The summed E-state index contributed by atoms with van der Waals surface area (Å²) in [5.74, 6) is -0.420. The van der Waals surface area contributed by atoms with Gasteiger partial charge in [-0.3, -0.25) is 9.48 Å². The molecule has 0 spiro atoms. The maximum atomic E-state index is 12.8. The van der Waals surface area contributed by atoms with Crippen molar-refractivity contribution in [1.29, 1.82) is 0 Å². The lowest BCUT2D eigenvalue weighted by Crippen LogP contribution is -2.21. The highest BCUT2D eigenvalue weighted by molar-refractivity contribution is 5.90. The first-order valence-electron chi connectivity index (χ1n) is 7.33. The molecular weight excluding hydrogens is 327 g/mol. The number of alkyl halides is 3. The van der Waals surface area contributed by atoms with Crippen LogP contribution >= 0.6 is 0 Å². The van der Waals surface area contributed by atoms with Crippen molar-refractivity contribution < 1.29 is 22.7 Å². The van der Waals surface area contributed by atoms with Gasteiger partial charge in [0.25, 0.3) is 0 Å². The number of methoxy groups -OCH3 is 1. The van der Waals surface area contributed by atoms with Crippen molar-refractivity contribution in [3.8, 4) is 0 Å². The number of amides is 1. The van der Waals surface area contributed by atoms with Gasteiger partial charge in [0.15, 0.2) is 5.69 Å². The number of anilines is 1. The van der Waals surface area contributed by atoms with Crippen molar-refractivity contribution in [1.82, 2.24) is 19.6 Å². The monoisotopic (exact) mass is 343 g/mol. The van der Waals surface area contributed by atoms with E-state index in [4.69, 9.17) is 4.74 Å². The maximum absolute atomic E-state index is 12.8. The van der Waals surface area contributed by atoms with Gasteiger partial charge >= 0.3 is 6.18 Å². The fourth-order valence-corrected chi connectivity index (χ4v) is 2.37. The van der Waals surface area contributed by atoms with Gasteiger partial charge in [0, 0.05) is 18.7 Å². The lowest BCUT2D eigenvalue weighted by atomic mass is 10.2. The molecule has 10 heteroatoms. The maximum Gasteiger partial charge on any atom is 0.435 e. The molecule has 1 amide bonds. The summed E-state index contributed by atoms with van der Waals surface area (Å²) in [5, 5.41) is 10.1.